The van der Waals surface area contributed by atoms with Crippen LogP contribution in [0.25, 0.3) is 95.0 Å². The monoisotopic (exact) mass is 826 g/mol. The van der Waals surface area contributed by atoms with Crippen LogP contribution in [0.15, 0.2) is 176 Å². The Kier molecular flexibility index (Phi) is 9.83. The summed E-state index contributed by atoms with van der Waals surface area (Å²) >= 11 is 0. The third-order valence-electron chi connectivity index (χ3n) is 11.6. The summed E-state index contributed by atoms with van der Waals surface area (Å²) in [7, 11) is 0. The Hall–Kier alpha value is -7.64. The molecule has 10 aromatic rings. The fourth-order valence-electron chi connectivity index (χ4n) is 8.82. The van der Waals surface area contributed by atoms with E-state index < -0.39 is 11.7 Å². The minimum atomic E-state index is -4.47. The molecular formula is C56H41F3N4. The maximum Gasteiger partial charge on any atom is 0.416 e. The molecule has 0 fully saturated rings. The average molecular weight is 827 g/mol. The van der Waals surface area contributed by atoms with Crippen molar-refractivity contribution in [2.24, 2.45) is 0 Å². The van der Waals surface area contributed by atoms with Crippen LogP contribution in [0, 0.1) is 27.7 Å². The molecule has 0 aliphatic heterocycles. The van der Waals surface area contributed by atoms with Gasteiger partial charge in [0.25, 0.3) is 0 Å². The van der Waals surface area contributed by atoms with E-state index in [1.807, 2.05) is 72.8 Å². The van der Waals surface area contributed by atoms with Crippen LogP contribution in [0.3, 0.4) is 0 Å². The van der Waals surface area contributed by atoms with E-state index in [4.69, 9.17) is 15.0 Å². The minimum Gasteiger partial charge on any atom is -0.309 e. The summed E-state index contributed by atoms with van der Waals surface area (Å²) in [6.45, 7) is 8.50. The second kappa shape index (κ2) is 15.7. The molecule has 0 amide bonds. The van der Waals surface area contributed by atoms with Gasteiger partial charge in [0.2, 0.25) is 0 Å². The highest BCUT2D eigenvalue weighted by atomic mass is 19.4. The van der Waals surface area contributed by atoms with E-state index in [1.165, 1.54) is 34.4 Å². The number of aromatic nitrogens is 4. The zero-order chi connectivity index (χ0) is 43.4. The molecule has 0 saturated carbocycles. The number of hydrogen-bond donors (Lipinski definition) is 0. The molecule has 0 bridgehead atoms. The molecule has 8 aromatic carbocycles. The minimum absolute atomic E-state index is 0.398. The summed E-state index contributed by atoms with van der Waals surface area (Å²) in [4.78, 5) is 15.1. The third kappa shape index (κ3) is 7.67. The van der Waals surface area contributed by atoms with Crippen LogP contribution in [0.1, 0.15) is 27.8 Å². The molecule has 0 N–H and O–H groups in total. The van der Waals surface area contributed by atoms with Crippen LogP contribution in [-0.2, 0) is 6.18 Å². The largest absolute Gasteiger partial charge is 0.416 e. The quantitative estimate of drug-likeness (QED) is 0.161. The van der Waals surface area contributed by atoms with Crippen LogP contribution in [0.5, 0.6) is 0 Å². The lowest BCUT2D eigenvalue weighted by atomic mass is 9.97. The Balaban J connectivity index is 1.24. The van der Waals surface area contributed by atoms with Gasteiger partial charge in [0, 0.05) is 33.2 Å². The first kappa shape index (κ1) is 39.5. The van der Waals surface area contributed by atoms with Crippen molar-refractivity contribution < 1.29 is 13.2 Å². The van der Waals surface area contributed by atoms with Crippen molar-refractivity contribution >= 4 is 21.8 Å². The van der Waals surface area contributed by atoms with Crippen LogP contribution in [-0.4, -0.2) is 19.5 Å². The smallest absolute Gasteiger partial charge is 0.309 e. The number of rotatable bonds is 7. The molecule has 0 saturated heterocycles. The molecule has 7 heteroatoms. The Labute approximate surface area is 364 Å². The van der Waals surface area contributed by atoms with E-state index in [9.17, 15) is 13.2 Å². The van der Waals surface area contributed by atoms with Crippen molar-refractivity contribution in [2.75, 3.05) is 0 Å². The molecule has 2 aromatic heterocycles. The molecule has 10 rings (SSSR count). The van der Waals surface area contributed by atoms with E-state index in [0.717, 1.165) is 73.0 Å². The summed E-state index contributed by atoms with van der Waals surface area (Å²) in [5.41, 5.74) is 15.1. The lowest BCUT2D eigenvalue weighted by Crippen LogP contribution is -2.04. The van der Waals surface area contributed by atoms with E-state index in [-0.39, 0.29) is 0 Å². The van der Waals surface area contributed by atoms with Gasteiger partial charge in [-0.1, -0.05) is 150 Å². The fraction of sp³-hybridized carbons (Fsp3) is 0.0893. The van der Waals surface area contributed by atoms with Gasteiger partial charge < -0.3 is 4.57 Å². The zero-order valence-electron chi connectivity index (χ0n) is 35.2. The molecule has 4 nitrogen and oxygen atoms in total. The molecule has 0 atom stereocenters. The first-order chi connectivity index (χ1) is 30.4. The summed E-state index contributed by atoms with van der Waals surface area (Å²) < 4.78 is 43.7. The zero-order valence-corrected chi connectivity index (χ0v) is 35.2. The van der Waals surface area contributed by atoms with Crippen LogP contribution in [0.2, 0.25) is 0 Å². The van der Waals surface area contributed by atoms with E-state index in [2.05, 4.69) is 111 Å². The maximum atomic E-state index is 13.8. The maximum absolute atomic E-state index is 13.8. The molecule has 0 unspecified atom stereocenters. The number of benzene rings is 8. The topological polar surface area (TPSA) is 43.6 Å². The van der Waals surface area contributed by atoms with Gasteiger partial charge in [-0.15, -0.1) is 0 Å². The highest BCUT2D eigenvalue weighted by Gasteiger charge is 2.30. The first-order valence-corrected chi connectivity index (χ1v) is 20.9. The summed E-state index contributed by atoms with van der Waals surface area (Å²) in [6.07, 6.45) is -4.47. The van der Waals surface area contributed by atoms with E-state index in [1.54, 1.807) is 0 Å². The van der Waals surface area contributed by atoms with E-state index >= 15 is 0 Å². The highest BCUT2D eigenvalue weighted by molar-refractivity contribution is 6.12. The van der Waals surface area contributed by atoms with Crippen molar-refractivity contribution in [3.8, 4) is 73.2 Å². The number of halogens is 3. The third-order valence-corrected chi connectivity index (χ3v) is 11.6. The first-order valence-electron chi connectivity index (χ1n) is 20.9. The standard InChI is InChI=1S/C56H41F3N4/c1-34-25-35(2)28-43(27-34)41-17-23-51-48(31-41)49-32-42(44-29-36(3)26-37(4)30-44)18-24-52(49)63(51)46-21-22-47(38-15-19-45(20-16-38)56(57,58)59)50(33-46)55-61-53(39-11-7-5-8-12-39)60-54(62-55)40-13-9-6-10-14-40/h5-33H,1-4H3. The summed E-state index contributed by atoms with van der Waals surface area (Å²) in [5.74, 6) is 1.37. The van der Waals surface area contributed by atoms with Crippen molar-refractivity contribution in [1.29, 1.82) is 0 Å². The van der Waals surface area contributed by atoms with Crippen LogP contribution < -0.4 is 0 Å². The molecular weight excluding hydrogens is 786 g/mol. The molecule has 63 heavy (non-hydrogen) atoms. The Bertz CT molecular complexity index is 3140. The Morgan fingerprint density at radius 1 is 0.365 bits per heavy atom. The lowest BCUT2D eigenvalue weighted by molar-refractivity contribution is -0.137. The number of hydrogen-bond acceptors (Lipinski definition) is 3. The van der Waals surface area contributed by atoms with Crippen LogP contribution in [0.4, 0.5) is 13.2 Å². The van der Waals surface area contributed by atoms with Crippen molar-refractivity contribution in [2.45, 2.75) is 33.9 Å². The van der Waals surface area contributed by atoms with Gasteiger partial charge in [-0.2, -0.15) is 13.2 Å². The van der Waals surface area contributed by atoms with Crippen LogP contribution >= 0.6 is 0 Å². The summed E-state index contributed by atoms with van der Waals surface area (Å²) in [5, 5.41) is 2.19. The summed E-state index contributed by atoms with van der Waals surface area (Å²) in [6, 6.07) is 57.4. The number of alkyl halides is 3. The molecule has 0 aliphatic rings. The number of aryl methyl sites for hydroxylation is 4. The molecule has 0 radical (unpaired) electrons. The van der Waals surface area contributed by atoms with Gasteiger partial charge in [-0.05, 0) is 110 Å². The fourth-order valence-corrected chi connectivity index (χ4v) is 8.82. The SMILES string of the molecule is Cc1cc(C)cc(-c2ccc3c(c2)c2cc(-c4cc(C)cc(C)c4)ccc2n3-c2ccc(-c3ccc(C(F)(F)F)cc3)c(-c3nc(-c4ccccc4)nc(-c4ccccc4)n3)c2)c1. The Morgan fingerprint density at radius 3 is 1.27 bits per heavy atom. The van der Waals surface area contributed by atoms with Gasteiger partial charge in [0.05, 0.1) is 16.6 Å². The van der Waals surface area contributed by atoms with Gasteiger partial charge >= 0.3 is 6.18 Å². The molecule has 306 valence electrons. The van der Waals surface area contributed by atoms with Gasteiger partial charge in [0.1, 0.15) is 0 Å². The predicted molar refractivity (Wildman–Crippen MR) is 251 cm³/mol. The van der Waals surface area contributed by atoms with E-state index in [0.29, 0.717) is 34.2 Å². The molecule has 0 spiro atoms. The van der Waals surface area contributed by atoms with Gasteiger partial charge in [-0.3, -0.25) is 0 Å². The predicted octanol–water partition coefficient (Wildman–Crippen LogP) is 15.2. The number of fused-ring (bicyclic) bond motifs is 3. The normalized spacial score (nSPS) is 11.7. The lowest BCUT2D eigenvalue weighted by Gasteiger charge is -2.16. The second-order valence-corrected chi connectivity index (χ2v) is 16.4. The Morgan fingerprint density at radius 2 is 0.810 bits per heavy atom. The average Bonchev–Trinajstić information content (AvgIpc) is 3.61. The van der Waals surface area contributed by atoms with Crippen molar-refractivity contribution in [3.63, 3.8) is 0 Å². The van der Waals surface area contributed by atoms with Gasteiger partial charge in [0.15, 0.2) is 17.5 Å². The van der Waals surface area contributed by atoms with Crippen molar-refractivity contribution in [1.82, 2.24) is 19.5 Å². The van der Waals surface area contributed by atoms with Gasteiger partial charge in [-0.25, -0.2) is 15.0 Å². The molecule has 0 aliphatic carbocycles. The second-order valence-electron chi connectivity index (χ2n) is 16.4. The molecule has 2 heterocycles. The van der Waals surface area contributed by atoms with Crippen molar-refractivity contribution in [3.05, 3.63) is 204 Å². The number of nitrogens with zero attached hydrogens (tertiary/aromatic N) is 4. The highest BCUT2D eigenvalue weighted by Crippen LogP contribution is 2.41.